The maximum absolute atomic E-state index is 3.44. The van der Waals surface area contributed by atoms with Gasteiger partial charge in [0.05, 0.1) is 0 Å². The standard InChI is InChI=1S/C14H28N2.ClH/c1-12-5-7-13(8-6-12)10-16-9-3-4-14(11-16)15-2;/h12-15H,3-11H2,1-2H3;1H. The number of halogens is 1. The van der Waals surface area contributed by atoms with Gasteiger partial charge in [-0.05, 0) is 51.1 Å². The summed E-state index contributed by atoms with van der Waals surface area (Å²) in [5, 5.41) is 3.44. The molecular weight excluding hydrogens is 232 g/mol. The number of likely N-dealkylation sites (N-methyl/N-ethyl adjacent to an activating group) is 1. The van der Waals surface area contributed by atoms with Crippen LogP contribution < -0.4 is 5.32 Å². The van der Waals surface area contributed by atoms with Crippen molar-refractivity contribution in [3.05, 3.63) is 0 Å². The second kappa shape index (κ2) is 7.60. The monoisotopic (exact) mass is 260 g/mol. The summed E-state index contributed by atoms with van der Waals surface area (Å²) >= 11 is 0. The van der Waals surface area contributed by atoms with Crippen molar-refractivity contribution < 1.29 is 0 Å². The van der Waals surface area contributed by atoms with Crippen molar-refractivity contribution in [3.63, 3.8) is 0 Å². The number of nitrogens with zero attached hydrogens (tertiary/aromatic N) is 1. The Balaban J connectivity index is 0.00000144. The van der Waals surface area contributed by atoms with E-state index in [1.54, 1.807) is 0 Å². The molecule has 1 saturated heterocycles. The highest BCUT2D eigenvalue weighted by atomic mass is 35.5. The second-order valence-corrected chi connectivity index (χ2v) is 6.01. The lowest BCUT2D eigenvalue weighted by Crippen LogP contribution is -2.46. The third-order valence-electron chi connectivity index (χ3n) is 4.57. The molecule has 1 aliphatic carbocycles. The van der Waals surface area contributed by atoms with Gasteiger partial charge in [-0.3, -0.25) is 0 Å². The van der Waals surface area contributed by atoms with E-state index in [1.165, 1.54) is 58.2 Å². The van der Waals surface area contributed by atoms with Crippen LogP contribution in [0.4, 0.5) is 0 Å². The van der Waals surface area contributed by atoms with Crippen LogP contribution in [0.3, 0.4) is 0 Å². The summed E-state index contributed by atoms with van der Waals surface area (Å²) in [6.45, 7) is 6.39. The third kappa shape index (κ3) is 4.76. The van der Waals surface area contributed by atoms with Crippen LogP contribution >= 0.6 is 12.4 Å². The Morgan fingerprint density at radius 1 is 1.12 bits per heavy atom. The van der Waals surface area contributed by atoms with Crippen molar-refractivity contribution >= 4 is 12.4 Å². The summed E-state index contributed by atoms with van der Waals surface area (Å²) in [7, 11) is 2.11. The second-order valence-electron chi connectivity index (χ2n) is 6.01. The number of likely N-dealkylation sites (tertiary alicyclic amines) is 1. The zero-order chi connectivity index (χ0) is 11.4. The molecule has 17 heavy (non-hydrogen) atoms. The zero-order valence-corrected chi connectivity index (χ0v) is 12.3. The normalized spacial score (nSPS) is 35.3. The van der Waals surface area contributed by atoms with Crippen LogP contribution in [-0.2, 0) is 0 Å². The quantitative estimate of drug-likeness (QED) is 0.840. The number of rotatable bonds is 3. The van der Waals surface area contributed by atoms with Crippen LogP contribution in [-0.4, -0.2) is 37.6 Å². The molecular formula is C14H29ClN2. The van der Waals surface area contributed by atoms with Crippen molar-refractivity contribution in [2.45, 2.75) is 51.5 Å². The van der Waals surface area contributed by atoms with Crippen LogP contribution in [0.2, 0.25) is 0 Å². The van der Waals surface area contributed by atoms with Gasteiger partial charge in [0, 0.05) is 19.1 Å². The van der Waals surface area contributed by atoms with Crippen LogP contribution in [0.5, 0.6) is 0 Å². The van der Waals surface area contributed by atoms with Gasteiger partial charge in [0.25, 0.3) is 0 Å². The van der Waals surface area contributed by atoms with Gasteiger partial charge in [-0.25, -0.2) is 0 Å². The van der Waals surface area contributed by atoms with Crippen LogP contribution in [0.1, 0.15) is 45.4 Å². The Morgan fingerprint density at radius 2 is 1.82 bits per heavy atom. The molecule has 1 N–H and O–H groups in total. The Bertz CT molecular complexity index is 202. The molecule has 1 saturated carbocycles. The van der Waals surface area contributed by atoms with Crippen molar-refractivity contribution in [1.29, 1.82) is 0 Å². The first-order valence-electron chi connectivity index (χ1n) is 7.17. The van der Waals surface area contributed by atoms with E-state index in [1.807, 2.05) is 0 Å². The van der Waals surface area contributed by atoms with Gasteiger partial charge in [0.15, 0.2) is 0 Å². The lowest BCUT2D eigenvalue weighted by Gasteiger charge is -2.36. The minimum absolute atomic E-state index is 0. The van der Waals surface area contributed by atoms with E-state index in [0.29, 0.717) is 0 Å². The lowest BCUT2D eigenvalue weighted by molar-refractivity contribution is 0.144. The van der Waals surface area contributed by atoms with E-state index in [9.17, 15) is 0 Å². The minimum atomic E-state index is 0. The molecule has 0 amide bonds. The van der Waals surface area contributed by atoms with Crippen LogP contribution in [0.15, 0.2) is 0 Å². The van der Waals surface area contributed by atoms with Crippen molar-refractivity contribution in [2.75, 3.05) is 26.7 Å². The average Bonchev–Trinajstić information content (AvgIpc) is 2.32. The van der Waals surface area contributed by atoms with Gasteiger partial charge in [-0.1, -0.05) is 19.8 Å². The average molecular weight is 261 g/mol. The number of hydrogen-bond donors (Lipinski definition) is 1. The van der Waals surface area contributed by atoms with Gasteiger partial charge in [0.2, 0.25) is 0 Å². The Kier molecular flexibility index (Phi) is 6.83. The van der Waals surface area contributed by atoms with Crippen LogP contribution in [0, 0.1) is 11.8 Å². The summed E-state index contributed by atoms with van der Waals surface area (Å²) in [6, 6.07) is 0.747. The Hall–Kier alpha value is 0.210. The molecule has 0 aromatic heterocycles. The smallest absolute Gasteiger partial charge is 0.0192 e. The summed E-state index contributed by atoms with van der Waals surface area (Å²) in [6.07, 6.45) is 8.63. The molecule has 1 unspecified atom stereocenters. The van der Waals surface area contributed by atoms with Gasteiger partial charge in [0.1, 0.15) is 0 Å². The SMILES string of the molecule is CNC1CCCN(CC2CCC(C)CC2)C1.Cl. The molecule has 102 valence electrons. The number of nitrogens with one attached hydrogen (secondary N) is 1. The molecule has 3 heteroatoms. The zero-order valence-electron chi connectivity index (χ0n) is 11.5. The number of piperidine rings is 1. The maximum Gasteiger partial charge on any atom is 0.0192 e. The highest BCUT2D eigenvalue weighted by Gasteiger charge is 2.23. The molecule has 0 radical (unpaired) electrons. The van der Waals surface area contributed by atoms with E-state index in [-0.39, 0.29) is 12.4 Å². The summed E-state index contributed by atoms with van der Waals surface area (Å²) in [4.78, 5) is 2.70. The fourth-order valence-corrected chi connectivity index (χ4v) is 3.33. The lowest BCUT2D eigenvalue weighted by atomic mass is 9.82. The van der Waals surface area contributed by atoms with Crippen molar-refractivity contribution in [3.8, 4) is 0 Å². The molecule has 1 atom stereocenters. The minimum Gasteiger partial charge on any atom is -0.316 e. The van der Waals surface area contributed by atoms with Gasteiger partial charge >= 0.3 is 0 Å². The maximum atomic E-state index is 3.44. The van der Waals surface area contributed by atoms with E-state index < -0.39 is 0 Å². The van der Waals surface area contributed by atoms with E-state index >= 15 is 0 Å². The van der Waals surface area contributed by atoms with Crippen molar-refractivity contribution in [1.82, 2.24) is 10.2 Å². The predicted molar refractivity (Wildman–Crippen MR) is 76.9 cm³/mol. The fourth-order valence-electron chi connectivity index (χ4n) is 3.33. The van der Waals surface area contributed by atoms with E-state index in [0.717, 1.165) is 17.9 Å². The first-order valence-corrected chi connectivity index (χ1v) is 7.17. The highest BCUT2D eigenvalue weighted by Crippen LogP contribution is 2.29. The first kappa shape index (κ1) is 15.3. The topological polar surface area (TPSA) is 15.3 Å². The molecule has 2 rings (SSSR count). The van der Waals surface area contributed by atoms with E-state index in [2.05, 4.69) is 24.2 Å². The first-order chi connectivity index (χ1) is 7.78. The number of hydrogen-bond acceptors (Lipinski definition) is 2. The van der Waals surface area contributed by atoms with Gasteiger partial charge in [-0.15, -0.1) is 12.4 Å². The summed E-state index contributed by atoms with van der Waals surface area (Å²) < 4.78 is 0. The molecule has 2 nitrogen and oxygen atoms in total. The largest absolute Gasteiger partial charge is 0.316 e. The molecule has 2 aliphatic rings. The molecule has 1 heterocycles. The molecule has 1 aliphatic heterocycles. The van der Waals surface area contributed by atoms with Crippen LogP contribution in [0.25, 0.3) is 0 Å². The Labute approximate surface area is 113 Å². The van der Waals surface area contributed by atoms with Gasteiger partial charge in [-0.2, -0.15) is 0 Å². The predicted octanol–water partition coefficient (Wildman–Crippen LogP) is 2.92. The van der Waals surface area contributed by atoms with Gasteiger partial charge < -0.3 is 10.2 Å². The summed E-state index contributed by atoms with van der Waals surface area (Å²) in [5.41, 5.74) is 0. The highest BCUT2D eigenvalue weighted by molar-refractivity contribution is 5.85. The molecule has 0 bridgehead atoms. The third-order valence-corrected chi connectivity index (χ3v) is 4.57. The molecule has 0 spiro atoms. The van der Waals surface area contributed by atoms with Crippen molar-refractivity contribution in [2.24, 2.45) is 11.8 Å². The van der Waals surface area contributed by atoms with E-state index in [4.69, 9.17) is 0 Å². The molecule has 2 fully saturated rings. The Morgan fingerprint density at radius 3 is 2.47 bits per heavy atom. The molecule has 0 aromatic rings. The molecule has 0 aromatic carbocycles. The fraction of sp³-hybridized carbons (Fsp3) is 1.00. The summed E-state index contributed by atoms with van der Waals surface area (Å²) in [5.74, 6) is 1.98.